The molecule has 0 radical (unpaired) electrons. The van der Waals surface area contributed by atoms with Crippen molar-refractivity contribution in [3.63, 3.8) is 0 Å². The summed E-state index contributed by atoms with van der Waals surface area (Å²) < 4.78 is 4.52. The summed E-state index contributed by atoms with van der Waals surface area (Å²) in [5, 5.41) is 8.16. The number of aryl methyl sites for hydroxylation is 3. The molecule has 0 atom stereocenters. The van der Waals surface area contributed by atoms with Crippen molar-refractivity contribution in [1.29, 1.82) is 0 Å². The van der Waals surface area contributed by atoms with Gasteiger partial charge in [0.1, 0.15) is 0 Å². The molecule has 0 saturated heterocycles. The summed E-state index contributed by atoms with van der Waals surface area (Å²) in [4.78, 5) is 40.3. The highest BCUT2D eigenvalue weighted by Gasteiger charge is 2.21. The standard InChI is InChI=1S/C29H35N5O3/c1-18(2)13-14-32-27(36)24-12-11-21(26(35)30-23-7-5-6-8-23)16-25(24)34-28(32)31-33(29(34)37)17-22-15-19(3)9-10-20(22)4/h9-12,15-16,18,23H,5-8,13-14,17H2,1-4H3,(H,30,35). The van der Waals surface area contributed by atoms with E-state index in [1.807, 2.05) is 26.0 Å². The maximum atomic E-state index is 13.8. The van der Waals surface area contributed by atoms with Crippen LogP contribution in [0.15, 0.2) is 46.0 Å². The van der Waals surface area contributed by atoms with Crippen LogP contribution >= 0.6 is 0 Å². The van der Waals surface area contributed by atoms with Crippen LogP contribution < -0.4 is 16.6 Å². The first kappa shape index (κ1) is 25.0. The molecule has 2 aromatic heterocycles. The molecule has 1 fully saturated rings. The molecule has 5 rings (SSSR count). The number of amides is 1. The summed E-state index contributed by atoms with van der Waals surface area (Å²) in [5.41, 5.74) is 3.51. The summed E-state index contributed by atoms with van der Waals surface area (Å²) in [6.07, 6.45) is 4.98. The van der Waals surface area contributed by atoms with Gasteiger partial charge in [-0.15, -0.1) is 5.10 Å². The predicted molar refractivity (Wildman–Crippen MR) is 145 cm³/mol. The fourth-order valence-electron chi connectivity index (χ4n) is 5.22. The minimum absolute atomic E-state index is 0.176. The Labute approximate surface area is 215 Å². The molecule has 0 aliphatic heterocycles. The number of nitrogens with one attached hydrogen (secondary N) is 1. The number of fused-ring (bicyclic) bond motifs is 3. The van der Waals surface area contributed by atoms with Crippen LogP contribution in [-0.4, -0.2) is 30.7 Å². The van der Waals surface area contributed by atoms with Crippen LogP contribution in [0.4, 0.5) is 0 Å². The van der Waals surface area contributed by atoms with Crippen LogP contribution in [0.2, 0.25) is 0 Å². The lowest BCUT2D eigenvalue weighted by molar-refractivity contribution is 0.0938. The highest BCUT2D eigenvalue weighted by atomic mass is 16.2. The van der Waals surface area contributed by atoms with Crippen molar-refractivity contribution in [2.75, 3.05) is 0 Å². The fraction of sp³-hybridized carbons (Fsp3) is 0.448. The fourth-order valence-corrected chi connectivity index (χ4v) is 5.22. The number of benzene rings is 2. The first-order valence-corrected chi connectivity index (χ1v) is 13.3. The number of rotatable bonds is 7. The van der Waals surface area contributed by atoms with E-state index in [1.165, 1.54) is 9.08 Å². The van der Waals surface area contributed by atoms with E-state index in [9.17, 15) is 14.4 Å². The lowest BCUT2D eigenvalue weighted by atomic mass is 10.1. The van der Waals surface area contributed by atoms with Crippen LogP contribution in [0.25, 0.3) is 16.7 Å². The Balaban J connectivity index is 1.68. The normalized spacial score (nSPS) is 14.3. The van der Waals surface area contributed by atoms with Gasteiger partial charge in [0.2, 0.25) is 5.78 Å². The topological polar surface area (TPSA) is 90.4 Å². The zero-order chi connectivity index (χ0) is 26.3. The van der Waals surface area contributed by atoms with Gasteiger partial charge in [0, 0.05) is 18.2 Å². The lowest BCUT2D eigenvalue weighted by Gasteiger charge is -2.14. The second-order valence-corrected chi connectivity index (χ2v) is 10.8. The number of nitrogens with zero attached hydrogens (tertiary/aromatic N) is 4. The van der Waals surface area contributed by atoms with Gasteiger partial charge in [-0.25, -0.2) is 13.9 Å². The monoisotopic (exact) mass is 501 g/mol. The highest BCUT2D eigenvalue weighted by molar-refractivity contribution is 5.98. The Hall–Kier alpha value is -3.68. The molecule has 8 nitrogen and oxygen atoms in total. The van der Waals surface area contributed by atoms with Crippen LogP contribution in [0.3, 0.4) is 0 Å². The predicted octanol–water partition coefficient (Wildman–Crippen LogP) is 4.19. The Kier molecular flexibility index (Phi) is 6.75. The maximum Gasteiger partial charge on any atom is 0.352 e. The van der Waals surface area contributed by atoms with E-state index in [0.717, 1.165) is 48.8 Å². The third kappa shape index (κ3) is 4.84. The van der Waals surface area contributed by atoms with Crippen LogP contribution in [0.1, 0.15) is 73.0 Å². The molecule has 8 heteroatoms. The molecule has 1 aliphatic rings. The van der Waals surface area contributed by atoms with Gasteiger partial charge in [-0.05, 0) is 68.4 Å². The minimum Gasteiger partial charge on any atom is -0.349 e. The molecule has 2 heterocycles. The molecule has 2 aromatic carbocycles. The lowest BCUT2D eigenvalue weighted by Crippen LogP contribution is -2.33. The second kappa shape index (κ2) is 10.00. The highest BCUT2D eigenvalue weighted by Crippen LogP contribution is 2.20. The SMILES string of the molecule is Cc1ccc(C)c(Cn2nc3n(CCC(C)C)c(=O)c4ccc(C(=O)NC5CCCC5)cc4n3c2=O)c1. The average molecular weight is 502 g/mol. The maximum absolute atomic E-state index is 13.8. The molecule has 1 N–H and O–H groups in total. The third-order valence-corrected chi connectivity index (χ3v) is 7.49. The van der Waals surface area contributed by atoms with Crippen molar-refractivity contribution in [2.45, 2.75) is 78.9 Å². The molecule has 37 heavy (non-hydrogen) atoms. The number of carbonyl (C=O) groups is 1. The number of aromatic nitrogens is 4. The Morgan fingerprint density at radius 1 is 1.08 bits per heavy atom. The van der Waals surface area contributed by atoms with Gasteiger partial charge in [-0.1, -0.05) is 50.5 Å². The summed E-state index contributed by atoms with van der Waals surface area (Å²) in [5.74, 6) is 0.511. The molecule has 1 aliphatic carbocycles. The van der Waals surface area contributed by atoms with E-state index >= 15 is 0 Å². The summed E-state index contributed by atoms with van der Waals surface area (Å²) in [6, 6.07) is 11.3. The van der Waals surface area contributed by atoms with Gasteiger partial charge in [-0.3, -0.25) is 14.2 Å². The molecule has 1 saturated carbocycles. The molecule has 0 unspecified atom stereocenters. The Morgan fingerprint density at radius 3 is 2.57 bits per heavy atom. The smallest absolute Gasteiger partial charge is 0.349 e. The van der Waals surface area contributed by atoms with Crippen molar-refractivity contribution >= 4 is 22.6 Å². The number of carbonyl (C=O) groups excluding carboxylic acids is 1. The van der Waals surface area contributed by atoms with Crippen molar-refractivity contribution in [2.24, 2.45) is 5.92 Å². The molecule has 4 aromatic rings. The first-order valence-electron chi connectivity index (χ1n) is 13.3. The van der Waals surface area contributed by atoms with Gasteiger partial charge in [0.15, 0.2) is 0 Å². The molecular weight excluding hydrogens is 466 g/mol. The first-order chi connectivity index (χ1) is 17.7. The van der Waals surface area contributed by atoms with Crippen molar-refractivity contribution in [3.05, 3.63) is 79.5 Å². The quantitative estimate of drug-likeness (QED) is 0.411. The second-order valence-electron chi connectivity index (χ2n) is 10.8. The average Bonchev–Trinajstić information content (AvgIpc) is 3.49. The van der Waals surface area contributed by atoms with Gasteiger partial charge in [0.25, 0.3) is 11.5 Å². The summed E-state index contributed by atoms with van der Waals surface area (Å²) >= 11 is 0. The van der Waals surface area contributed by atoms with Crippen molar-refractivity contribution in [1.82, 2.24) is 24.1 Å². The van der Waals surface area contributed by atoms with Gasteiger partial charge >= 0.3 is 5.69 Å². The number of hydrogen-bond acceptors (Lipinski definition) is 4. The van der Waals surface area contributed by atoms with Crippen LogP contribution in [0.5, 0.6) is 0 Å². The Morgan fingerprint density at radius 2 is 1.84 bits per heavy atom. The summed E-state index contributed by atoms with van der Waals surface area (Å²) in [7, 11) is 0. The zero-order valence-electron chi connectivity index (χ0n) is 22.1. The molecule has 194 valence electrons. The number of hydrogen-bond donors (Lipinski definition) is 1. The van der Waals surface area contributed by atoms with Crippen LogP contribution in [0, 0.1) is 19.8 Å². The minimum atomic E-state index is -0.326. The van der Waals surface area contributed by atoms with E-state index in [1.54, 1.807) is 22.8 Å². The van der Waals surface area contributed by atoms with E-state index in [4.69, 9.17) is 0 Å². The van der Waals surface area contributed by atoms with E-state index < -0.39 is 0 Å². The molecule has 0 bridgehead atoms. The van der Waals surface area contributed by atoms with Gasteiger partial charge in [0.05, 0.1) is 17.4 Å². The van der Waals surface area contributed by atoms with E-state index in [0.29, 0.717) is 41.3 Å². The largest absolute Gasteiger partial charge is 0.352 e. The van der Waals surface area contributed by atoms with Crippen molar-refractivity contribution in [3.8, 4) is 0 Å². The van der Waals surface area contributed by atoms with Gasteiger partial charge in [-0.2, -0.15) is 0 Å². The zero-order valence-corrected chi connectivity index (χ0v) is 22.1. The van der Waals surface area contributed by atoms with E-state index in [2.05, 4.69) is 30.3 Å². The van der Waals surface area contributed by atoms with Crippen molar-refractivity contribution < 1.29 is 4.79 Å². The third-order valence-electron chi connectivity index (χ3n) is 7.49. The molecular formula is C29H35N5O3. The summed E-state index contributed by atoms with van der Waals surface area (Å²) in [6.45, 7) is 8.99. The van der Waals surface area contributed by atoms with Gasteiger partial charge < -0.3 is 5.32 Å². The molecule has 1 amide bonds. The van der Waals surface area contributed by atoms with Crippen LogP contribution in [-0.2, 0) is 13.1 Å². The van der Waals surface area contributed by atoms with E-state index in [-0.39, 0.29) is 23.2 Å². The Bertz CT molecular complexity index is 1600. The molecule has 0 spiro atoms.